The molecule has 3 rings (SSSR count). The molecule has 202 valence electrons. The number of nitrogens with zero attached hydrogens (tertiary/aromatic N) is 2. The predicted molar refractivity (Wildman–Crippen MR) is 138 cm³/mol. The molecule has 0 radical (unpaired) electrons. The van der Waals surface area contributed by atoms with Gasteiger partial charge in [-0.05, 0) is 56.2 Å². The number of carbonyl (C=O) groups excluding carboxylic acids is 2. The summed E-state index contributed by atoms with van der Waals surface area (Å²) in [6, 6.07) is 6.77. The summed E-state index contributed by atoms with van der Waals surface area (Å²) in [5.74, 6) is -0.962. The van der Waals surface area contributed by atoms with Crippen LogP contribution in [0.5, 0.6) is 0 Å². The first-order valence-electron chi connectivity index (χ1n) is 12.7. The monoisotopic (exact) mass is 543 g/mol. The van der Waals surface area contributed by atoms with Gasteiger partial charge in [-0.1, -0.05) is 30.7 Å². The van der Waals surface area contributed by atoms with Crippen molar-refractivity contribution in [2.75, 3.05) is 26.7 Å². The van der Waals surface area contributed by atoms with Crippen LogP contribution >= 0.6 is 11.6 Å². The lowest BCUT2D eigenvalue weighted by Gasteiger charge is -2.45. The SMILES string of the molecule is CCC(CN(C)S(=O)(=O)C1CC1)N1C(=O)C(CC(=O)NCCC(O)CO)CCC1c1ccc(Cl)cc1. The van der Waals surface area contributed by atoms with Crippen LogP contribution in [0.4, 0.5) is 0 Å². The highest BCUT2D eigenvalue weighted by Crippen LogP contribution is 2.39. The fourth-order valence-electron chi connectivity index (χ4n) is 4.82. The van der Waals surface area contributed by atoms with Crippen molar-refractivity contribution < 1.29 is 28.2 Å². The minimum absolute atomic E-state index is 0.0184. The third kappa shape index (κ3) is 7.19. The first-order valence-corrected chi connectivity index (χ1v) is 14.5. The molecule has 1 saturated heterocycles. The molecule has 2 fully saturated rings. The van der Waals surface area contributed by atoms with Crippen LogP contribution in [-0.2, 0) is 19.6 Å². The third-order valence-corrected chi connectivity index (χ3v) is 9.72. The largest absolute Gasteiger partial charge is 0.394 e. The van der Waals surface area contributed by atoms with Crippen LogP contribution in [0, 0.1) is 5.92 Å². The van der Waals surface area contributed by atoms with Crippen LogP contribution in [0.2, 0.25) is 5.02 Å². The Morgan fingerprint density at radius 1 is 1.22 bits per heavy atom. The van der Waals surface area contributed by atoms with Crippen molar-refractivity contribution in [2.24, 2.45) is 5.92 Å². The zero-order valence-electron chi connectivity index (χ0n) is 21.0. The molecule has 0 aromatic heterocycles. The molecular weight excluding hydrogens is 506 g/mol. The van der Waals surface area contributed by atoms with Gasteiger partial charge in [-0.15, -0.1) is 0 Å². The number of piperidine rings is 1. The van der Waals surface area contributed by atoms with Crippen LogP contribution in [0.15, 0.2) is 24.3 Å². The smallest absolute Gasteiger partial charge is 0.227 e. The molecule has 2 amide bonds. The van der Waals surface area contributed by atoms with Gasteiger partial charge in [-0.25, -0.2) is 12.7 Å². The zero-order chi connectivity index (χ0) is 26.5. The summed E-state index contributed by atoms with van der Waals surface area (Å²) in [5.41, 5.74) is 0.930. The lowest BCUT2D eigenvalue weighted by atomic mass is 9.85. The molecule has 1 aliphatic carbocycles. The van der Waals surface area contributed by atoms with E-state index in [0.29, 0.717) is 37.1 Å². The quantitative estimate of drug-likeness (QED) is 0.349. The Kier molecular flexibility index (Phi) is 10.2. The fraction of sp³-hybridized carbons (Fsp3) is 0.680. The van der Waals surface area contributed by atoms with Crippen molar-refractivity contribution in [3.8, 4) is 0 Å². The lowest BCUT2D eigenvalue weighted by molar-refractivity contribution is -0.148. The van der Waals surface area contributed by atoms with Gasteiger partial charge in [0.15, 0.2) is 0 Å². The van der Waals surface area contributed by atoms with Gasteiger partial charge in [0.2, 0.25) is 21.8 Å². The van der Waals surface area contributed by atoms with Gasteiger partial charge < -0.3 is 20.4 Å². The number of carbonyl (C=O) groups is 2. The van der Waals surface area contributed by atoms with Crippen LogP contribution in [0.3, 0.4) is 0 Å². The van der Waals surface area contributed by atoms with Crippen molar-refractivity contribution in [2.45, 2.75) is 75.3 Å². The molecule has 11 heteroatoms. The van der Waals surface area contributed by atoms with Gasteiger partial charge in [-0.2, -0.15) is 0 Å². The van der Waals surface area contributed by atoms with Crippen molar-refractivity contribution >= 4 is 33.4 Å². The molecule has 1 heterocycles. The summed E-state index contributed by atoms with van der Waals surface area (Å²) in [4.78, 5) is 28.1. The van der Waals surface area contributed by atoms with Crippen molar-refractivity contribution in [1.29, 1.82) is 0 Å². The van der Waals surface area contributed by atoms with E-state index in [0.717, 1.165) is 5.56 Å². The van der Waals surface area contributed by atoms with Crippen molar-refractivity contribution in [1.82, 2.24) is 14.5 Å². The summed E-state index contributed by atoms with van der Waals surface area (Å²) in [6.07, 6.45) is 2.43. The zero-order valence-corrected chi connectivity index (χ0v) is 22.5. The average molecular weight is 544 g/mol. The van der Waals surface area contributed by atoms with Gasteiger partial charge >= 0.3 is 0 Å². The molecule has 0 spiro atoms. The van der Waals surface area contributed by atoms with E-state index in [9.17, 15) is 23.1 Å². The van der Waals surface area contributed by atoms with Crippen molar-refractivity contribution in [3.05, 3.63) is 34.9 Å². The first-order chi connectivity index (χ1) is 17.1. The van der Waals surface area contributed by atoms with E-state index in [1.54, 1.807) is 24.1 Å². The molecule has 4 unspecified atom stereocenters. The number of aliphatic hydroxyl groups excluding tert-OH is 2. The number of aliphatic hydroxyl groups is 2. The van der Waals surface area contributed by atoms with E-state index < -0.39 is 22.0 Å². The minimum atomic E-state index is -3.39. The minimum Gasteiger partial charge on any atom is -0.394 e. The Balaban J connectivity index is 1.78. The summed E-state index contributed by atoms with van der Waals surface area (Å²) in [7, 11) is -1.81. The second-order valence-corrected chi connectivity index (χ2v) is 12.6. The number of likely N-dealkylation sites (N-methyl/N-ethyl adjacent to an activating group) is 1. The number of halogens is 1. The van der Waals surface area contributed by atoms with Gasteiger partial charge in [0.25, 0.3) is 0 Å². The Morgan fingerprint density at radius 3 is 2.47 bits per heavy atom. The molecule has 36 heavy (non-hydrogen) atoms. The van der Waals surface area contributed by atoms with E-state index in [-0.39, 0.29) is 61.7 Å². The van der Waals surface area contributed by atoms with Crippen molar-refractivity contribution in [3.63, 3.8) is 0 Å². The molecule has 1 saturated carbocycles. The maximum absolute atomic E-state index is 13.8. The Morgan fingerprint density at radius 2 is 1.89 bits per heavy atom. The molecule has 9 nitrogen and oxygen atoms in total. The van der Waals surface area contributed by atoms with Gasteiger partial charge in [0.05, 0.1) is 24.0 Å². The number of sulfonamides is 1. The summed E-state index contributed by atoms with van der Waals surface area (Å²) >= 11 is 6.08. The number of amides is 2. The molecule has 1 aromatic carbocycles. The van der Waals surface area contributed by atoms with Crippen LogP contribution in [0.1, 0.15) is 63.5 Å². The molecule has 3 N–H and O–H groups in total. The summed E-state index contributed by atoms with van der Waals surface area (Å²) in [6.45, 7) is 1.97. The topological polar surface area (TPSA) is 127 Å². The van der Waals surface area contributed by atoms with Crippen LogP contribution < -0.4 is 5.32 Å². The molecular formula is C25H38ClN3O6S. The van der Waals surface area contributed by atoms with E-state index >= 15 is 0 Å². The molecule has 1 aliphatic heterocycles. The van der Waals surface area contributed by atoms with Gasteiger partial charge in [-0.3, -0.25) is 9.59 Å². The Hall–Kier alpha value is -1.72. The number of hydrogen-bond acceptors (Lipinski definition) is 6. The first kappa shape index (κ1) is 28.8. The maximum atomic E-state index is 13.8. The highest BCUT2D eigenvalue weighted by Gasteiger charge is 2.43. The fourth-order valence-corrected chi connectivity index (χ4v) is 6.57. The number of hydrogen-bond donors (Lipinski definition) is 3. The number of likely N-dealkylation sites (tertiary alicyclic amines) is 1. The highest BCUT2D eigenvalue weighted by atomic mass is 35.5. The van der Waals surface area contributed by atoms with E-state index in [2.05, 4.69) is 5.32 Å². The summed E-state index contributed by atoms with van der Waals surface area (Å²) < 4.78 is 27.0. The Bertz CT molecular complexity index is 1000. The number of benzene rings is 1. The standard InChI is InChI=1S/C25H38ClN3O6S/c1-3-20(15-28(2)36(34,35)22-9-10-22)29-23(17-4-7-19(26)8-5-17)11-6-18(25(29)33)14-24(32)27-13-12-21(31)16-30/h4-5,7-8,18,20-23,30-31H,3,6,9-16H2,1-2H3,(H,27,32). The van der Waals surface area contributed by atoms with Gasteiger partial charge in [0, 0.05) is 43.5 Å². The molecule has 2 aliphatic rings. The Labute approximate surface area is 218 Å². The lowest BCUT2D eigenvalue weighted by Crippen LogP contribution is -2.53. The normalized spacial score (nSPS) is 22.5. The average Bonchev–Trinajstić information content (AvgIpc) is 3.70. The number of rotatable bonds is 13. The molecule has 0 bridgehead atoms. The predicted octanol–water partition coefficient (Wildman–Crippen LogP) is 2.07. The van der Waals surface area contributed by atoms with Crippen LogP contribution in [0.25, 0.3) is 0 Å². The molecule has 4 atom stereocenters. The molecule has 1 aromatic rings. The second-order valence-electron chi connectivity index (χ2n) is 9.85. The van der Waals surface area contributed by atoms with Crippen LogP contribution in [-0.4, -0.2) is 83.8 Å². The van der Waals surface area contributed by atoms with E-state index in [4.69, 9.17) is 16.7 Å². The van der Waals surface area contributed by atoms with E-state index in [1.807, 2.05) is 19.1 Å². The maximum Gasteiger partial charge on any atom is 0.227 e. The highest BCUT2D eigenvalue weighted by molar-refractivity contribution is 7.90. The van der Waals surface area contributed by atoms with Gasteiger partial charge in [0.1, 0.15) is 0 Å². The number of nitrogens with one attached hydrogen (secondary N) is 1. The third-order valence-electron chi connectivity index (χ3n) is 7.14. The second kappa shape index (κ2) is 12.7. The summed E-state index contributed by atoms with van der Waals surface area (Å²) in [5, 5.41) is 21.4. The van der Waals surface area contributed by atoms with E-state index in [1.165, 1.54) is 4.31 Å².